The highest BCUT2D eigenvalue weighted by Crippen LogP contribution is 2.29. The molecule has 0 fully saturated rings. The predicted molar refractivity (Wildman–Crippen MR) is 90.3 cm³/mol. The van der Waals surface area contributed by atoms with Gasteiger partial charge in [-0.1, -0.05) is 11.8 Å². The fourth-order valence-electron chi connectivity index (χ4n) is 1.71. The highest BCUT2D eigenvalue weighted by molar-refractivity contribution is 8.02. The summed E-state index contributed by atoms with van der Waals surface area (Å²) < 4.78 is 11.3. The van der Waals surface area contributed by atoms with Crippen molar-refractivity contribution in [3.63, 3.8) is 0 Å². The molecule has 0 aliphatic rings. The zero-order chi connectivity index (χ0) is 16.1. The summed E-state index contributed by atoms with van der Waals surface area (Å²) in [6, 6.07) is 5.27. The summed E-state index contributed by atoms with van der Waals surface area (Å²) in [7, 11) is 3.15. The van der Waals surface area contributed by atoms with Crippen molar-refractivity contribution in [3.05, 3.63) is 29.3 Å². The molecule has 118 valence electrons. The second kappa shape index (κ2) is 7.51. The van der Waals surface area contributed by atoms with Crippen LogP contribution in [0.1, 0.15) is 12.6 Å². The number of hydrogen-bond donors (Lipinski definition) is 1. The van der Waals surface area contributed by atoms with Gasteiger partial charge in [0.2, 0.25) is 5.91 Å². The first kappa shape index (κ1) is 16.6. The molecule has 0 saturated carbocycles. The second-order valence-electron chi connectivity index (χ2n) is 4.61. The first-order valence-corrected chi connectivity index (χ1v) is 8.40. The number of carbonyl (C=O) groups is 1. The summed E-state index contributed by atoms with van der Waals surface area (Å²) in [6.45, 7) is 3.79. The number of ether oxygens (including phenoxy) is 2. The van der Waals surface area contributed by atoms with Crippen molar-refractivity contribution < 1.29 is 14.3 Å². The molecule has 1 atom stereocenters. The van der Waals surface area contributed by atoms with Crippen LogP contribution >= 0.6 is 23.1 Å². The van der Waals surface area contributed by atoms with E-state index >= 15 is 0 Å². The third-order valence-corrected chi connectivity index (χ3v) is 5.05. The number of aryl methyl sites for hydroxylation is 1. The maximum Gasteiger partial charge on any atom is 0.237 e. The molecule has 7 heteroatoms. The van der Waals surface area contributed by atoms with Gasteiger partial charge < -0.3 is 14.8 Å². The molecule has 2 aromatic rings. The third-order valence-electron chi connectivity index (χ3n) is 2.86. The molecular weight excluding hydrogens is 320 g/mol. The number of nitrogens with one attached hydrogen (secondary N) is 1. The summed E-state index contributed by atoms with van der Waals surface area (Å²) in [5.41, 5.74) is 1.61. The molecule has 1 aromatic carbocycles. The molecule has 1 aromatic heterocycles. The van der Waals surface area contributed by atoms with Crippen molar-refractivity contribution in [2.24, 2.45) is 0 Å². The standard InChI is InChI=1S/C15H18N2O3S2/c1-9-8-21-15(16-9)22-10(2)14(18)17-11-5-12(19-3)7-13(6-11)20-4/h5-8,10H,1-4H3,(H,17,18). The summed E-state index contributed by atoms with van der Waals surface area (Å²) >= 11 is 2.99. The molecule has 0 spiro atoms. The summed E-state index contributed by atoms with van der Waals surface area (Å²) in [6.07, 6.45) is 0. The van der Waals surface area contributed by atoms with E-state index < -0.39 is 0 Å². The molecule has 0 bridgehead atoms. The van der Waals surface area contributed by atoms with Gasteiger partial charge in [0.1, 0.15) is 11.5 Å². The molecule has 2 rings (SSSR count). The van der Waals surface area contributed by atoms with Gasteiger partial charge in [0, 0.05) is 35.0 Å². The van der Waals surface area contributed by atoms with Crippen LogP contribution in [0.15, 0.2) is 27.9 Å². The molecule has 22 heavy (non-hydrogen) atoms. The van der Waals surface area contributed by atoms with Crippen LogP contribution in [0, 0.1) is 6.92 Å². The Hall–Kier alpha value is -1.73. The van der Waals surface area contributed by atoms with Gasteiger partial charge in [-0.15, -0.1) is 11.3 Å². The van der Waals surface area contributed by atoms with Crippen LogP contribution in [0.5, 0.6) is 11.5 Å². The number of amides is 1. The topological polar surface area (TPSA) is 60.5 Å². The lowest BCUT2D eigenvalue weighted by atomic mass is 10.2. The molecule has 1 N–H and O–H groups in total. The van der Waals surface area contributed by atoms with E-state index in [1.165, 1.54) is 11.8 Å². The number of nitrogens with zero attached hydrogens (tertiary/aromatic N) is 1. The smallest absolute Gasteiger partial charge is 0.237 e. The largest absolute Gasteiger partial charge is 0.497 e. The van der Waals surface area contributed by atoms with E-state index in [1.807, 2.05) is 19.2 Å². The van der Waals surface area contributed by atoms with E-state index in [2.05, 4.69) is 10.3 Å². The molecule has 1 amide bonds. The van der Waals surface area contributed by atoms with Crippen LogP contribution in [0.3, 0.4) is 0 Å². The number of aromatic nitrogens is 1. The normalized spacial score (nSPS) is 11.8. The second-order valence-corrected chi connectivity index (χ2v) is 7.05. The highest BCUT2D eigenvalue weighted by Gasteiger charge is 2.17. The van der Waals surface area contributed by atoms with Crippen molar-refractivity contribution in [3.8, 4) is 11.5 Å². The predicted octanol–water partition coefficient (Wildman–Crippen LogP) is 3.59. The Bertz CT molecular complexity index is 636. The minimum Gasteiger partial charge on any atom is -0.497 e. The number of carbonyl (C=O) groups excluding carboxylic acids is 1. The zero-order valence-corrected chi connectivity index (χ0v) is 14.5. The van der Waals surface area contributed by atoms with Gasteiger partial charge in [-0.25, -0.2) is 4.98 Å². The quantitative estimate of drug-likeness (QED) is 0.816. The number of anilines is 1. The Morgan fingerprint density at radius 1 is 1.27 bits per heavy atom. The average molecular weight is 338 g/mol. The molecule has 0 radical (unpaired) electrons. The highest BCUT2D eigenvalue weighted by atomic mass is 32.2. The Kier molecular flexibility index (Phi) is 5.68. The minimum absolute atomic E-state index is 0.0897. The monoisotopic (exact) mass is 338 g/mol. The van der Waals surface area contributed by atoms with E-state index in [4.69, 9.17) is 9.47 Å². The molecular formula is C15H18N2O3S2. The van der Waals surface area contributed by atoms with Crippen LogP contribution in [0.2, 0.25) is 0 Å². The lowest BCUT2D eigenvalue weighted by Crippen LogP contribution is -2.22. The van der Waals surface area contributed by atoms with Gasteiger partial charge in [-0.3, -0.25) is 4.79 Å². The number of methoxy groups -OCH3 is 2. The van der Waals surface area contributed by atoms with E-state index in [0.29, 0.717) is 17.2 Å². The molecule has 0 aliphatic carbocycles. The molecule has 1 unspecified atom stereocenters. The van der Waals surface area contributed by atoms with E-state index in [-0.39, 0.29) is 11.2 Å². The van der Waals surface area contributed by atoms with Gasteiger partial charge in [0.25, 0.3) is 0 Å². The lowest BCUT2D eigenvalue weighted by molar-refractivity contribution is -0.115. The van der Waals surface area contributed by atoms with Crippen molar-refractivity contribution >= 4 is 34.7 Å². The number of thioether (sulfide) groups is 1. The Labute approximate surface area is 138 Å². The van der Waals surface area contributed by atoms with Crippen molar-refractivity contribution in [1.29, 1.82) is 0 Å². The van der Waals surface area contributed by atoms with Crippen LogP contribution in [0.4, 0.5) is 5.69 Å². The number of thiazole rings is 1. The molecule has 0 aliphatic heterocycles. The minimum atomic E-state index is -0.247. The van der Waals surface area contributed by atoms with Crippen molar-refractivity contribution in [1.82, 2.24) is 4.98 Å². The van der Waals surface area contributed by atoms with E-state index in [0.717, 1.165) is 10.0 Å². The maximum absolute atomic E-state index is 12.3. The first-order valence-electron chi connectivity index (χ1n) is 6.64. The summed E-state index contributed by atoms with van der Waals surface area (Å²) in [4.78, 5) is 16.6. The molecule has 5 nitrogen and oxygen atoms in total. The number of hydrogen-bond acceptors (Lipinski definition) is 6. The summed E-state index contributed by atoms with van der Waals surface area (Å²) in [5, 5.41) is 4.60. The Balaban J connectivity index is 2.04. The Morgan fingerprint density at radius 3 is 2.41 bits per heavy atom. The number of rotatable bonds is 6. The lowest BCUT2D eigenvalue weighted by Gasteiger charge is -2.12. The molecule has 1 heterocycles. The van der Waals surface area contributed by atoms with Gasteiger partial charge in [-0.05, 0) is 13.8 Å². The fourth-order valence-corrected chi connectivity index (χ4v) is 3.70. The van der Waals surface area contributed by atoms with Gasteiger partial charge >= 0.3 is 0 Å². The third kappa shape index (κ3) is 4.38. The van der Waals surface area contributed by atoms with E-state index in [9.17, 15) is 4.79 Å². The number of benzene rings is 1. The van der Waals surface area contributed by atoms with Gasteiger partial charge in [0.05, 0.1) is 19.5 Å². The van der Waals surface area contributed by atoms with Crippen LogP contribution < -0.4 is 14.8 Å². The summed E-state index contributed by atoms with van der Waals surface area (Å²) in [5.74, 6) is 1.17. The maximum atomic E-state index is 12.3. The van der Waals surface area contributed by atoms with Crippen LogP contribution in [-0.2, 0) is 4.79 Å². The zero-order valence-electron chi connectivity index (χ0n) is 12.9. The van der Waals surface area contributed by atoms with Crippen molar-refractivity contribution in [2.75, 3.05) is 19.5 Å². The van der Waals surface area contributed by atoms with Crippen LogP contribution in [-0.4, -0.2) is 30.4 Å². The SMILES string of the molecule is COc1cc(NC(=O)C(C)Sc2nc(C)cs2)cc(OC)c1. The van der Waals surface area contributed by atoms with Gasteiger partial charge in [-0.2, -0.15) is 0 Å². The average Bonchev–Trinajstić information content (AvgIpc) is 2.91. The van der Waals surface area contributed by atoms with Crippen LogP contribution in [0.25, 0.3) is 0 Å². The van der Waals surface area contributed by atoms with Crippen molar-refractivity contribution in [2.45, 2.75) is 23.4 Å². The van der Waals surface area contributed by atoms with E-state index in [1.54, 1.807) is 43.8 Å². The molecule has 0 saturated heterocycles. The fraction of sp³-hybridized carbons (Fsp3) is 0.333. The van der Waals surface area contributed by atoms with Gasteiger partial charge in [0.15, 0.2) is 4.34 Å². The Morgan fingerprint density at radius 2 is 1.91 bits per heavy atom. The first-order chi connectivity index (χ1) is 10.5.